The van der Waals surface area contributed by atoms with Crippen LogP contribution >= 0.6 is 27.7 Å². The van der Waals surface area contributed by atoms with E-state index >= 15 is 0 Å². The van der Waals surface area contributed by atoms with Crippen LogP contribution in [0.2, 0.25) is 0 Å². The van der Waals surface area contributed by atoms with Crippen LogP contribution in [-0.2, 0) is 4.79 Å². The summed E-state index contributed by atoms with van der Waals surface area (Å²) in [5, 5.41) is 2.89. The number of hydrogen-bond acceptors (Lipinski definition) is 2. The highest BCUT2D eigenvalue weighted by Crippen LogP contribution is 2.11. The number of amides is 1. The van der Waals surface area contributed by atoms with Crippen LogP contribution in [0.4, 0.5) is 0 Å². The number of thioether (sulfide) groups is 1. The van der Waals surface area contributed by atoms with Crippen molar-refractivity contribution >= 4 is 33.6 Å². The Morgan fingerprint density at radius 2 is 2.15 bits per heavy atom. The van der Waals surface area contributed by atoms with E-state index in [0.29, 0.717) is 5.92 Å². The summed E-state index contributed by atoms with van der Waals surface area (Å²) in [6, 6.07) is 0. The zero-order chi connectivity index (χ0) is 10.3. The van der Waals surface area contributed by atoms with Crippen LogP contribution in [0.3, 0.4) is 0 Å². The molecule has 0 bridgehead atoms. The third-order valence-corrected chi connectivity index (χ3v) is 3.96. The van der Waals surface area contributed by atoms with E-state index in [-0.39, 0.29) is 10.7 Å². The fourth-order valence-corrected chi connectivity index (χ4v) is 1.49. The lowest BCUT2D eigenvalue weighted by atomic mass is 10.1. The Hall–Kier alpha value is 0.300. The molecule has 0 aliphatic carbocycles. The van der Waals surface area contributed by atoms with E-state index in [4.69, 9.17) is 0 Å². The maximum atomic E-state index is 11.4. The Morgan fingerprint density at radius 1 is 1.54 bits per heavy atom. The second kappa shape index (κ2) is 7.68. The van der Waals surface area contributed by atoms with Gasteiger partial charge in [-0.05, 0) is 11.7 Å². The monoisotopic (exact) mass is 267 g/mol. The second-order valence-corrected chi connectivity index (χ2v) is 5.51. The number of hydrogen-bond donors (Lipinski definition) is 1. The minimum Gasteiger partial charge on any atom is -0.354 e. The summed E-state index contributed by atoms with van der Waals surface area (Å²) in [6.07, 6.45) is 0. The normalized spacial score (nSPS) is 13.0. The van der Waals surface area contributed by atoms with Crippen molar-refractivity contribution in [2.45, 2.75) is 25.6 Å². The Bertz CT molecular complexity index is 153. The molecule has 0 heterocycles. The van der Waals surface area contributed by atoms with Crippen LogP contribution in [0.25, 0.3) is 0 Å². The molecular formula is C9H18BrNOS. The predicted octanol–water partition coefficient (Wildman–Crippen LogP) is 2.28. The van der Waals surface area contributed by atoms with Gasteiger partial charge in [0.25, 0.3) is 0 Å². The van der Waals surface area contributed by atoms with Crippen molar-refractivity contribution in [3.63, 3.8) is 0 Å². The van der Waals surface area contributed by atoms with E-state index in [9.17, 15) is 4.79 Å². The van der Waals surface area contributed by atoms with Crippen molar-refractivity contribution in [3.8, 4) is 0 Å². The second-order valence-electron chi connectivity index (χ2n) is 3.13. The van der Waals surface area contributed by atoms with E-state index in [1.165, 1.54) is 0 Å². The number of halogens is 1. The average molecular weight is 268 g/mol. The number of carbonyl (C=O) groups is 1. The van der Waals surface area contributed by atoms with Gasteiger partial charge in [-0.1, -0.05) is 36.7 Å². The Balaban J connectivity index is 3.50. The fraction of sp³-hybridized carbons (Fsp3) is 0.889. The Labute approximate surface area is 93.4 Å². The first-order valence-corrected chi connectivity index (χ1v) is 6.66. The van der Waals surface area contributed by atoms with Crippen molar-refractivity contribution in [2.75, 3.05) is 18.1 Å². The first-order valence-electron chi connectivity index (χ1n) is 4.59. The number of nitrogens with one attached hydrogen (secondary N) is 1. The molecule has 0 aliphatic rings. The maximum Gasteiger partial charge on any atom is 0.234 e. The van der Waals surface area contributed by atoms with Gasteiger partial charge in [0.1, 0.15) is 0 Å². The summed E-state index contributed by atoms with van der Waals surface area (Å²) in [4.78, 5) is 11.3. The van der Waals surface area contributed by atoms with Crippen molar-refractivity contribution in [1.82, 2.24) is 5.32 Å². The molecule has 0 aromatic rings. The third-order valence-electron chi connectivity index (χ3n) is 1.59. The summed E-state index contributed by atoms with van der Waals surface area (Å²) in [7, 11) is 0. The van der Waals surface area contributed by atoms with Crippen LogP contribution in [-0.4, -0.2) is 28.8 Å². The predicted molar refractivity (Wildman–Crippen MR) is 63.6 cm³/mol. The molecule has 78 valence electrons. The van der Waals surface area contributed by atoms with Crippen molar-refractivity contribution < 1.29 is 4.79 Å². The van der Waals surface area contributed by atoms with Gasteiger partial charge in [-0.2, -0.15) is 11.8 Å². The fourth-order valence-electron chi connectivity index (χ4n) is 0.791. The van der Waals surface area contributed by atoms with Gasteiger partial charge in [0.15, 0.2) is 0 Å². The minimum absolute atomic E-state index is 0.0564. The maximum absolute atomic E-state index is 11.4. The van der Waals surface area contributed by atoms with Crippen molar-refractivity contribution in [2.24, 2.45) is 5.92 Å². The molecule has 1 atom stereocenters. The van der Waals surface area contributed by atoms with Gasteiger partial charge in [0, 0.05) is 12.3 Å². The molecular weight excluding hydrogens is 250 g/mol. The topological polar surface area (TPSA) is 29.1 Å². The first kappa shape index (κ1) is 13.3. The lowest BCUT2D eigenvalue weighted by Gasteiger charge is -2.13. The first-order chi connectivity index (χ1) is 6.09. The highest BCUT2D eigenvalue weighted by Gasteiger charge is 2.17. The van der Waals surface area contributed by atoms with E-state index < -0.39 is 0 Å². The molecule has 2 nitrogen and oxygen atoms in total. The highest BCUT2D eigenvalue weighted by atomic mass is 79.9. The van der Waals surface area contributed by atoms with Crippen LogP contribution in [0.1, 0.15) is 20.8 Å². The standard InChI is InChI=1S/C9H18BrNOS/c1-4-13-6-5-11-9(12)8(10)7(2)3/h7-8H,4-6H2,1-3H3,(H,11,12). The zero-order valence-corrected chi connectivity index (χ0v) is 10.9. The van der Waals surface area contributed by atoms with Crippen LogP contribution in [0.15, 0.2) is 0 Å². The van der Waals surface area contributed by atoms with Gasteiger partial charge in [-0.25, -0.2) is 0 Å². The molecule has 0 aromatic heterocycles. The zero-order valence-electron chi connectivity index (χ0n) is 8.47. The molecule has 0 radical (unpaired) electrons. The van der Waals surface area contributed by atoms with Crippen LogP contribution in [0, 0.1) is 5.92 Å². The molecule has 0 aliphatic heterocycles. The molecule has 0 spiro atoms. The Kier molecular flexibility index (Phi) is 7.86. The van der Waals surface area contributed by atoms with E-state index in [0.717, 1.165) is 18.1 Å². The quantitative estimate of drug-likeness (QED) is 0.591. The van der Waals surface area contributed by atoms with E-state index in [1.807, 2.05) is 25.6 Å². The molecule has 0 fully saturated rings. The van der Waals surface area contributed by atoms with Crippen molar-refractivity contribution in [3.05, 3.63) is 0 Å². The molecule has 1 amide bonds. The van der Waals surface area contributed by atoms with Gasteiger partial charge >= 0.3 is 0 Å². The molecule has 1 N–H and O–H groups in total. The highest BCUT2D eigenvalue weighted by molar-refractivity contribution is 9.10. The van der Waals surface area contributed by atoms with Gasteiger partial charge in [-0.3, -0.25) is 4.79 Å². The largest absolute Gasteiger partial charge is 0.354 e. The summed E-state index contributed by atoms with van der Waals surface area (Å²) >= 11 is 5.20. The summed E-state index contributed by atoms with van der Waals surface area (Å²) in [5.41, 5.74) is 0. The number of rotatable bonds is 6. The molecule has 13 heavy (non-hydrogen) atoms. The minimum atomic E-state index is -0.0564. The summed E-state index contributed by atoms with van der Waals surface area (Å²) in [6.45, 7) is 6.94. The van der Waals surface area contributed by atoms with Crippen molar-refractivity contribution in [1.29, 1.82) is 0 Å². The lowest BCUT2D eigenvalue weighted by Crippen LogP contribution is -2.35. The molecule has 0 saturated heterocycles. The number of alkyl halides is 1. The van der Waals surface area contributed by atoms with Crippen LogP contribution in [0.5, 0.6) is 0 Å². The van der Waals surface area contributed by atoms with Gasteiger partial charge < -0.3 is 5.32 Å². The molecule has 0 aromatic carbocycles. The summed E-state index contributed by atoms with van der Waals surface area (Å²) < 4.78 is 0. The summed E-state index contributed by atoms with van der Waals surface area (Å²) in [5.74, 6) is 2.56. The molecule has 4 heteroatoms. The van der Waals surface area contributed by atoms with Gasteiger partial charge in [0.2, 0.25) is 5.91 Å². The molecule has 0 rings (SSSR count). The SMILES string of the molecule is CCSCCNC(=O)C(Br)C(C)C. The molecule has 0 saturated carbocycles. The van der Waals surface area contributed by atoms with E-state index in [1.54, 1.807) is 0 Å². The Morgan fingerprint density at radius 3 is 2.62 bits per heavy atom. The van der Waals surface area contributed by atoms with Gasteiger partial charge in [-0.15, -0.1) is 0 Å². The van der Waals surface area contributed by atoms with E-state index in [2.05, 4.69) is 28.2 Å². The van der Waals surface area contributed by atoms with Gasteiger partial charge in [0.05, 0.1) is 4.83 Å². The smallest absolute Gasteiger partial charge is 0.234 e. The third kappa shape index (κ3) is 6.38. The molecule has 1 unspecified atom stereocenters. The number of carbonyl (C=O) groups excluding carboxylic acids is 1. The van der Waals surface area contributed by atoms with Crippen LogP contribution < -0.4 is 5.32 Å². The lowest BCUT2D eigenvalue weighted by molar-refractivity contribution is -0.120. The average Bonchev–Trinajstić information content (AvgIpc) is 2.10.